The van der Waals surface area contributed by atoms with Gasteiger partial charge in [-0.3, -0.25) is 19.0 Å². The van der Waals surface area contributed by atoms with E-state index in [1.807, 2.05) is 0 Å². The number of hydrogen-bond donors (Lipinski definition) is 2. The van der Waals surface area contributed by atoms with Crippen LogP contribution in [0, 0.1) is 6.92 Å². The van der Waals surface area contributed by atoms with Crippen molar-refractivity contribution in [3.05, 3.63) is 80.7 Å². The highest BCUT2D eigenvalue weighted by Gasteiger charge is 2.23. The van der Waals surface area contributed by atoms with E-state index in [2.05, 4.69) is 15.6 Å². The summed E-state index contributed by atoms with van der Waals surface area (Å²) >= 11 is 7.24. The minimum Gasteiger partial charge on any atom is -0.495 e. The average Bonchev–Trinajstić information content (AvgIpc) is 3.18. The molecule has 0 spiro atoms. The zero-order chi connectivity index (χ0) is 24.4. The van der Waals surface area contributed by atoms with E-state index in [1.54, 1.807) is 62.4 Å². The molecule has 0 radical (unpaired) electrons. The highest BCUT2D eigenvalue weighted by molar-refractivity contribution is 7.20. The lowest BCUT2D eigenvalue weighted by atomic mass is 10.2. The van der Waals surface area contributed by atoms with Gasteiger partial charge in [-0.1, -0.05) is 35.9 Å². The van der Waals surface area contributed by atoms with E-state index in [1.165, 1.54) is 18.0 Å². The lowest BCUT2D eigenvalue weighted by molar-refractivity contribution is -0.118. The van der Waals surface area contributed by atoms with E-state index in [-0.39, 0.29) is 5.91 Å². The number of amides is 2. The Morgan fingerprint density at radius 1 is 1.09 bits per heavy atom. The minimum atomic E-state index is -0.856. The molecule has 174 valence electrons. The van der Waals surface area contributed by atoms with E-state index < -0.39 is 17.5 Å². The SMILES string of the molecule is COc1ccccc1NC(=O)c1sc2ncn(C(C)C(=O)Nc3ccccc3Cl)c(=O)c2c1C. The van der Waals surface area contributed by atoms with E-state index in [0.717, 1.165) is 11.3 Å². The Bertz CT molecular complexity index is 1460. The first-order valence-electron chi connectivity index (χ1n) is 10.3. The maximum Gasteiger partial charge on any atom is 0.266 e. The molecule has 1 atom stereocenters. The fourth-order valence-corrected chi connectivity index (χ4v) is 4.70. The Balaban J connectivity index is 1.64. The minimum absolute atomic E-state index is 0.301. The summed E-state index contributed by atoms with van der Waals surface area (Å²) < 4.78 is 6.53. The van der Waals surface area contributed by atoms with Gasteiger partial charge in [-0.2, -0.15) is 0 Å². The lowest BCUT2D eigenvalue weighted by Crippen LogP contribution is -2.31. The number of ether oxygens (including phenoxy) is 1. The number of anilines is 2. The molecular formula is C24H21ClN4O4S. The number of fused-ring (bicyclic) bond motifs is 1. The first kappa shape index (κ1) is 23.5. The zero-order valence-corrected chi connectivity index (χ0v) is 20.2. The quantitative estimate of drug-likeness (QED) is 0.396. The second kappa shape index (κ2) is 9.66. The fourth-order valence-electron chi connectivity index (χ4n) is 3.48. The molecule has 8 nitrogen and oxygen atoms in total. The van der Waals surface area contributed by atoms with Crippen LogP contribution in [0.2, 0.25) is 5.02 Å². The lowest BCUT2D eigenvalue weighted by Gasteiger charge is -2.15. The number of halogens is 1. The van der Waals surface area contributed by atoms with Gasteiger partial charge in [0.05, 0.1) is 40.1 Å². The highest BCUT2D eigenvalue weighted by atomic mass is 35.5. The number of nitrogens with one attached hydrogen (secondary N) is 2. The Hall–Kier alpha value is -3.69. The topological polar surface area (TPSA) is 102 Å². The van der Waals surface area contributed by atoms with Crippen LogP contribution in [0.4, 0.5) is 11.4 Å². The number of nitrogens with zero attached hydrogens (tertiary/aromatic N) is 2. The molecule has 2 heterocycles. The average molecular weight is 497 g/mol. The van der Waals surface area contributed by atoms with Crippen molar-refractivity contribution in [1.82, 2.24) is 9.55 Å². The van der Waals surface area contributed by atoms with Crippen LogP contribution in [-0.4, -0.2) is 28.5 Å². The molecule has 34 heavy (non-hydrogen) atoms. The predicted molar refractivity (Wildman–Crippen MR) is 134 cm³/mol. The molecule has 4 rings (SSSR count). The van der Waals surface area contributed by atoms with Crippen molar-refractivity contribution in [2.45, 2.75) is 19.9 Å². The van der Waals surface area contributed by atoms with Crippen molar-refractivity contribution in [3.8, 4) is 5.75 Å². The molecule has 1 unspecified atom stereocenters. The number of carbonyl (C=O) groups is 2. The molecule has 2 amide bonds. The van der Waals surface area contributed by atoms with E-state index in [9.17, 15) is 14.4 Å². The van der Waals surface area contributed by atoms with Crippen molar-refractivity contribution >= 4 is 56.3 Å². The molecule has 0 aliphatic rings. The van der Waals surface area contributed by atoms with Crippen LogP contribution >= 0.6 is 22.9 Å². The molecular weight excluding hydrogens is 476 g/mol. The molecule has 2 aromatic carbocycles. The third-order valence-corrected chi connectivity index (χ3v) is 6.89. The van der Waals surface area contributed by atoms with Crippen molar-refractivity contribution in [1.29, 1.82) is 0 Å². The molecule has 2 N–H and O–H groups in total. The van der Waals surface area contributed by atoms with Gasteiger partial charge in [0.15, 0.2) is 0 Å². The summed E-state index contributed by atoms with van der Waals surface area (Å²) in [5.41, 5.74) is 1.06. The van der Waals surface area contributed by atoms with Crippen molar-refractivity contribution in [2.24, 2.45) is 0 Å². The summed E-state index contributed by atoms with van der Waals surface area (Å²) in [6, 6.07) is 13.0. The molecule has 10 heteroatoms. The van der Waals surface area contributed by atoms with Crippen LogP contribution in [0.1, 0.15) is 28.2 Å². The van der Waals surface area contributed by atoms with E-state index >= 15 is 0 Å². The first-order chi connectivity index (χ1) is 16.3. The number of benzene rings is 2. The molecule has 0 bridgehead atoms. The zero-order valence-electron chi connectivity index (χ0n) is 18.6. The van der Waals surface area contributed by atoms with Crippen LogP contribution in [0.5, 0.6) is 5.75 Å². The van der Waals surface area contributed by atoms with Crippen LogP contribution in [-0.2, 0) is 4.79 Å². The largest absolute Gasteiger partial charge is 0.495 e. The monoisotopic (exact) mass is 496 g/mol. The number of methoxy groups -OCH3 is 1. The van der Waals surface area contributed by atoms with Gasteiger partial charge in [-0.15, -0.1) is 11.3 Å². The predicted octanol–water partition coefficient (Wildman–Crippen LogP) is 4.88. The normalized spacial score (nSPS) is 11.8. The van der Waals surface area contributed by atoms with Crippen LogP contribution in [0.25, 0.3) is 10.2 Å². The first-order valence-corrected chi connectivity index (χ1v) is 11.5. The molecule has 0 aliphatic heterocycles. The number of thiophene rings is 1. The summed E-state index contributed by atoms with van der Waals surface area (Å²) in [7, 11) is 1.52. The van der Waals surface area contributed by atoms with Crippen molar-refractivity contribution in [2.75, 3.05) is 17.7 Å². The smallest absolute Gasteiger partial charge is 0.266 e. The van der Waals surface area contributed by atoms with E-state index in [4.69, 9.17) is 16.3 Å². The summed E-state index contributed by atoms with van der Waals surface area (Å²) in [6.07, 6.45) is 1.32. The number of aromatic nitrogens is 2. The van der Waals surface area contributed by atoms with Gasteiger partial charge in [0.25, 0.3) is 11.5 Å². The maximum atomic E-state index is 13.3. The molecule has 0 fully saturated rings. The van der Waals surface area contributed by atoms with Gasteiger partial charge >= 0.3 is 0 Å². The standard InChI is InChI=1S/C24H21ClN4O4S/c1-13-19-23(34-20(13)22(31)28-17-10-6-7-11-18(17)33-3)26-12-29(24(19)32)14(2)21(30)27-16-9-5-4-8-15(16)25/h4-12,14H,1-3H3,(H,27,30)(H,28,31). The molecule has 4 aromatic rings. The maximum absolute atomic E-state index is 13.3. The van der Waals surface area contributed by atoms with Crippen LogP contribution in [0.15, 0.2) is 59.7 Å². The number of rotatable bonds is 6. The molecule has 0 aliphatic carbocycles. The highest BCUT2D eigenvalue weighted by Crippen LogP contribution is 2.30. The van der Waals surface area contributed by atoms with Gasteiger partial charge in [0.2, 0.25) is 5.91 Å². The van der Waals surface area contributed by atoms with Gasteiger partial charge in [-0.05, 0) is 43.7 Å². The Morgan fingerprint density at radius 3 is 2.47 bits per heavy atom. The van der Waals surface area contributed by atoms with E-state index in [0.29, 0.717) is 42.8 Å². The Labute approximate surface area is 204 Å². The second-order valence-corrected chi connectivity index (χ2v) is 8.90. The van der Waals surface area contributed by atoms with Crippen molar-refractivity contribution in [3.63, 3.8) is 0 Å². The summed E-state index contributed by atoms with van der Waals surface area (Å²) in [4.78, 5) is 44.2. The van der Waals surface area contributed by atoms with Gasteiger partial charge in [-0.25, -0.2) is 4.98 Å². The summed E-state index contributed by atoms with van der Waals surface area (Å²) in [6.45, 7) is 3.29. The third kappa shape index (κ3) is 4.40. The molecule has 0 saturated carbocycles. The number of para-hydroxylation sites is 3. The van der Waals surface area contributed by atoms with Crippen LogP contribution < -0.4 is 20.9 Å². The van der Waals surface area contributed by atoms with Crippen LogP contribution in [0.3, 0.4) is 0 Å². The fraction of sp³-hybridized carbons (Fsp3) is 0.167. The third-order valence-electron chi connectivity index (χ3n) is 5.37. The van der Waals surface area contributed by atoms with Gasteiger partial charge in [0, 0.05) is 0 Å². The second-order valence-electron chi connectivity index (χ2n) is 7.49. The number of aryl methyl sites for hydroxylation is 1. The Morgan fingerprint density at radius 2 is 1.76 bits per heavy atom. The van der Waals surface area contributed by atoms with Crippen molar-refractivity contribution < 1.29 is 14.3 Å². The summed E-state index contributed by atoms with van der Waals surface area (Å²) in [5.74, 6) is -0.271. The molecule has 2 aromatic heterocycles. The number of hydrogen-bond acceptors (Lipinski definition) is 6. The Kier molecular flexibility index (Phi) is 6.67. The summed E-state index contributed by atoms with van der Waals surface area (Å²) in [5, 5.41) is 6.24. The van der Waals surface area contributed by atoms with Gasteiger partial charge in [0.1, 0.15) is 16.6 Å². The van der Waals surface area contributed by atoms with Gasteiger partial charge < -0.3 is 15.4 Å². The number of carbonyl (C=O) groups excluding carboxylic acids is 2. The molecule has 0 saturated heterocycles.